The van der Waals surface area contributed by atoms with E-state index in [2.05, 4.69) is 4.74 Å². The zero-order valence-corrected chi connectivity index (χ0v) is 12.4. The van der Waals surface area contributed by atoms with Crippen molar-refractivity contribution in [2.75, 3.05) is 27.3 Å². The topological polar surface area (TPSA) is 49.8 Å². The Morgan fingerprint density at radius 1 is 1.42 bits per heavy atom. The number of rotatable bonds is 5. The Labute approximate surface area is 122 Å². The van der Waals surface area contributed by atoms with Crippen LogP contribution in [0.4, 0.5) is 4.79 Å². The summed E-state index contributed by atoms with van der Waals surface area (Å²) in [4.78, 5) is 12.9. The number of carbonyl (C=O) groups is 1. The summed E-state index contributed by atoms with van der Waals surface area (Å²) in [7, 11) is 2.98. The molecule has 0 heterocycles. The number of aliphatic hydroxyl groups excluding tert-OH is 1. The standard InChI is InChI=1S/C13H17Cl2NO3/c1-16(13(18)19-2)8-10(5-6-17)9-3-4-11(14)12(15)7-9/h3-4,7,10,17H,5-6,8H2,1-2H3. The molecule has 6 heteroatoms. The zero-order chi connectivity index (χ0) is 14.4. The molecule has 0 bridgehead atoms. The normalized spacial score (nSPS) is 12.1. The molecule has 0 aromatic heterocycles. The molecule has 0 radical (unpaired) electrons. The van der Waals surface area contributed by atoms with Crippen LogP contribution in [0.15, 0.2) is 18.2 Å². The van der Waals surface area contributed by atoms with Crippen LogP contribution in [0.3, 0.4) is 0 Å². The molecule has 1 unspecified atom stereocenters. The van der Waals surface area contributed by atoms with E-state index < -0.39 is 6.09 Å². The van der Waals surface area contributed by atoms with Crippen LogP contribution in [0.1, 0.15) is 17.9 Å². The fourth-order valence-electron chi connectivity index (χ4n) is 1.85. The summed E-state index contributed by atoms with van der Waals surface area (Å²) in [6, 6.07) is 5.32. The van der Waals surface area contributed by atoms with Gasteiger partial charge in [0.05, 0.1) is 17.2 Å². The maximum Gasteiger partial charge on any atom is 0.409 e. The minimum atomic E-state index is -0.414. The van der Waals surface area contributed by atoms with Gasteiger partial charge in [0, 0.05) is 26.1 Å². The van der Waals surface area contributed by atoms with Gasteiger partial charge in [0.2, 0.25) is 0 Å². The number of likely N-dealkylation sites (N-methyl/N-ethyl adjacent to an activating group) is 1. The van der Waals surface area contributed by atoms with E-state index in [1.54, 1.807) is 19.2 Å². The fraction of sp³-hybridized carbons (Fsp3) is 0.462. The second kappa shape index (κ2) is 7.58. The van der Waals surface area contributed by atoms with E-state index >= 15 is 0 Å². The van der Waals surface area contributed by atoms with Gasteiger partial charge >= 0.3 is 6.09 Å². The van der Waals surface area contributed by atoms with Crippen molar-refractivity contribution < 1.29 is 14.6 Å². The second-order valence-electron chi connectivity index (χ2n) is 4.23. The average molecular weight is 306 g/mol. The van der Waals surface area contributed by atoms with Gasteiger partial charge in [0.15, 0.2) is 0 Å². The Morgan fingerprint density at radius 3 is 2.63 bits per heavy atom. The molecule has 0 fully saturated rings. The van der Waals surface area contributed by atoms with E-state index in [1.807, 2.05) is 6.07 Å². The smallest absolute Gasteiger partial charge is 0.409 e. The highest BCUT2D eigenvalue weighted by Gasteiger charge is 2.18. The summed E-state index contributed by atoms with van der Waals surface area (Å²) in [6.45, 7) is 0.463. The molecule has 4 nitrogen and oxygen atoms in total. The van der Waals surface area contributed by atoms with Crippen LogP contribution in [-0.2, 0) is 4.74 Å². The van der Waals surface area contributed by atoms with Crippen LogP contribution >= 0.6 is 23.2 Å². The lowest BCUT2D eigenvalue weighted by Gasteiger charge is -2.23. The summed E-state index contributed by atoms with van der Waals surface area (Å²) in [5.41, 5.74) is 0.930. The molecule has 0 spiro atoms. The molecular weight excluding hydrogens is 289 g/mol. The van der Waals surface area contributed by atoms with Crippen molar-refractivity contribution in [3.63, 3.8) is 0 Å². The van der Waals surface area contributed by atoms with Crippen LogP contribution in [0.5, 0.6) is 0 Å². The van der Waals surface area contributed by atoms with Crippen LogP contribution < -0.4 is 0 Å². The van der Waals surface area contributed by atoms with Crippen molar-refractivity contribution in [1.29, 1.82) is 0 Å². The molecule has 1 rings (SSSR count). The Hall–Kier alpha value is -0.970. The van der Waals surface area contributed by atoms with Crippen molar-refractivity contribution in [2.24, 2.45) is 0 Å². The number of ether oxygens (including phenoxy) is 1. The van der Waals surface area contributed by atoms with Crippen LogP contribution in [0.2, 0.25) is 10.0 Å². The maximum atomic E-state index is 11.4. The summed E-state index contributed by atoms with van der Waals surface area (Å²) >= 11 is 11.9. The lowest BCUT2D eigenvalue weighted by atomic mass is 9.95. The maximum absolute atomic E-state index is 11.4. The van der Waals surface area contributed by atoms with Crippen molar-refractivity contribution >= 4 is 29.3 Å². The van der Waals surface area contributed by atoms with Crippen molar-refractivity contribution in [3.8, 4) is 0 Å². The quantitative estimate of drug-likeness (QED) is 0.909. The molecule has 1 aromatic carbocycles. The molecule has 0 saturated heterocycles. The number of hydrogen-bond donors (Lipinski definition) is 1. The van der Waals surface area contributed by atoms with Crippen molar-refractivity contribution in [2.45, 2.75) is 12.3 Å². The summed E-state index contributed by atoms with van der Waals surface area (Å²) in [6.07, 6.45) is 0.113. The number of nitrogens with zero attached hydrogens (tertiary/aromatic N) is 1. The second-order valence-corrected chi connectivity index (χ2v) is 5.05. The van der Waals surface area contributed by atoms with E-state index in [4.69, 9.17) is 28.3 Å². The summed E-state index contributed by atoms with van der Waals surface area (Å²) in [5, 5.41) is 10.1. The van der Waals surface area contributed by atoms with E-state index in [-0.39, 0.29) is 12.5 Å². The molecule has 19 heavy (non-hydrogen) atoms. The number of aliphatic hydroxyl groups is 1. The van der Waals surface area contributed by atoms with Gasteiger partial charge in [-0.3, -0.25) is 0 Å². The molecule has 1 aromatic rings. The molecule has 1 atom stereocenters. The van der Waals surface area contributed by atoms with Crippen LogP contribution in [-0.4, -0.2) is 43.4 Å². The van der Waals surface area contributed by atoms with Gasteiger partial charge in [-0.15, -0.1) is 0 Å². The van der Waals surface area contributed by atoms with Gasteiger partial charge in [0.25, 0.3) is 0 Å². The summed E-state index contributed by atoms with van der Waals surface area (Å²) < 4.78 is 4.65. The molecule has 1 amide bonds. The first-order chi connectivity index (χ1) is 8.99. The van der Waals surface area contributed by atoms with E-state index in [9.17, 15) is 4.79 Å². The molecule has 0 aliphatic heterocycles. The number of benzene rings is 1. The highest BCUT2D eigenvalue weighted by Crippen LogP contribution is 2.28. The predicted molar refractivity (Wildman–Crippen MR) is 75.9 cm³/mol. The molecule has 0 aliphatic carbocycles. The minimum Gasteiger partial charge on any atom is -0.453 e. The Balaban J connectivity index is 2.87. The molecule has 106 valence electrons. The number of methoxy groups -OCH3 is 1. The van der Waals surface area contributed by atoms with E-state index in [0.29, 0.717) is 23.0 Å². The average Bonchev–Trinajstić information content (AvgIpc) is 2.40. The van der Waals surface area contributed by atoms with E-state index in [0.717, 1.165) is 5.56 Å². The molecule has 0 saturated carbocycles. The highest BCUT2D eigenvalue weighted by atomic mass is 35.5. The third-order valence-electron chi connectivity index (χ3n) is 2.87. The van der Waals surface area contributed by atoms with E-state index in [1.165, 1.54) is 12.0 Å². The number of halogens is 2. The van der Waals surface area contributed by atoms with Crippen LogP contribution in [0, 0.1) is 0 Å². The third-order valence-corrected chi connectivity index (χ3v) is 3.61. The zero-order valence-electron chi connectivity index (χ0n) is 10.9. The number of hydrogen-bond acceptors (Lipinski definition) is 3. The predicted octanol–water partition coefficient (Wildman–Crippen LogP) is 3.16. The molecule has 1 N–H and O–H groups in total. The first-order valence-corrected chi connectivity index (χ1v) is 6.60. The third kappa shape index (κ3) is 4.56. The fourth-order valence-corrected chi connectivity index (χ4v) is 2.15. The minimum absolute atomic E-state index is 0.0242. The lowest BCUT2D eigenvalue weighted by molar-refractivity contribution is 0.129. The summed E-state index contributed by atoms with van der Waals surface area (Å²) in [5.74, 6) is -0.0242. The number of amides is 1. The SMILES string of the molecule is COC(=O)N(C)CC(CCO)c1ccc(Cl)c(Cl)c1. The van der Waals surface area contributed by atoms with Gasteiger partial charge in [-0.2, -0.15) is 0 Å². The number of carbonyl (C=O) groups excluding carboxylic acids is 1. The molecular formula is C13H17Cl2NO3. The first kappa shape index (κ1) is 16.1. The van der Waals surface area contributed by atoms with Gasteiger partial charge in [-0.1, -0.05) is 29.3 Å². The Morgan fingerprint density at radius 2 is 2.11 bits per heavy atom. The largest absolute Gasteiger partial charge is 0.453 e. The Bertz CT molecular complexity index is 440. The Kier molecular flexibility index (Phi) is 6.42. The van der Waals surface area contributed by atoms with Gasteiger partial charge in [-0.25, -0.2) is 4.79 Å². The molecule has 0 aliphatic rings. The highest BCUT2D eigenvalue weighted by molar-refractivity contribution is 6.42. The van der Waals surface area contributed by atoms with Crippen LogP contribution in [0.25, 0.3) is 0 Å². The van der Waals surface area contributed by atoms with Crippen molar-refractivity contribution in [1.82, 2.24) is 4.90 Å². The van der Waals surface area contributed by atoms with Gasteiger partial charge in [-0.05, 0) is 24.1 Å². The van der Waals surface area contributed by atoms with Crippen molar-refractivity contribution in [3.05, 3.63) is 33.8 Å². The lowest BCUT2D eigenvalue weighted by Crippen LogP contribution is -2.31. The van der Waals surface area contributed by atoms with Gasteiger partial charge in [0.1, 0.15) is 0 Å². The first-order valence-electron chi connectivity index (χ1n) is 5.84. The monoisotopic (exact) mass is 305 g/mol. The van der Waals surface area contributed by atoms with Gasteiger partial charge < -0.3 is 14.7 Å².